The minimum absolute atomic E-state index is 0.281. The average Bonchev–Trinajstić information content (AvgIpc) is 2.25. The first-order chi connectivity index (χ1) is 8.60. The maximum Gasteiger partial charge on any atom is 0.573 e. The molecule has 106 valence electrons. The molecule has 0 aliphatic rings. The van der Waals surface area contributed by atoms with E-state index < -0.39 is 35.1 Å². The van der Waals surface area contributed by atoms with Crippen molar-refractivity contribution in [2.45, 2.75) is 17.9 Å². The number of nitrogens with zero attached hydrogens (tertiary/aromatic N) is 1. The Bertz CT molecular complexity index is 485. The molecule has 0 aliphatic carbocycles. The van der Waals surface area contributed by atoms with E-state index in [1.807, 2.05) is 0 Å². The molecule has 0 atom stereocenters. The average molecular weight is 352 g/mol. The number of aldehydes is 1. The second kappa shape index (κ2) is 5.35. The molecule has 0 unspecified atom stereocenters. The molecule has 0 saturated carbocycles. The topological polar surface area (TPSA) is 39.2 Å². The first-order valence-electron chi connectivity index (χ1n) is 4.46. The van der Waals surface area contributed by atoms with Crippen LogP contribution in [0.25, 0.3) is 0 Å². The molecule has 0 bridgehead atoms. The summed E-state index contributed by atoms with van der Waals surface area (Å²) in [5, 5.41) is -0.308. The Morgan fingerprint density at radius 3 is 2.21 bits per heavy atom. The van der Waals surface area contributed by atoms with Crippen molar-refractivity contribution in [2.24, 2.45) is 0 Å². The van der Waals surface area contributed by atoms with Crippen molar-refractivity contribution in [1.82, 2.24) is 4.98 Å². The van der Waals surface area contributed by atoms with Gasteiger partial charge in [-0.05, 0) is 0 Å². The molecular weight excluding hydrogens is 348 g/mol. The minimum atomic E-state index is -5.24. The zero-order chi connectivity index (χ0) is 14.8. The van der Waals surface area contributed by atoms with E-state index in [2.05, 4.69) is 25.7 Å². The first-order valence-corrected chi connectivity index (χ1v) is 5.58. The van der Waals surface area contributed by atoms with Crippen LogP contribution in [0.4, 0.5) is 26.3 Å². The van der Waals surface area contributed by atoms with Crippen LogP contribution in [0, 0.1) is 0 Å². The van der Waals surface area contributed by atoms with Gasteiger partial charge in [0.05, 0.1) is 16.8 Å². The Morgan fingerprint density at radius 1 is 1.26 bits per heavy atom. The van der Waals surface area contributed by atoms with Crippen molar-refractivity contribution in [3.63, 3.8) is 0 Å². The highest BCUT2D eigenvalue weighted by Crippen LogP contribution is 2.38. The van der Waals surface area contributed by atoms with E-state index in [9.17, 15) is 31.1 Å². The lowest BCUT2D eigenvalue weighted by Gasteiger charge is -2.17. The number of halogens is 7. The molecule has 0 radical (unpaired) electrons. The molecule has 0 fully saturated rings. The van der Waals surface area contributed by atoms with Gasteiger partial charge in [-0.2, -0.15) is 13.2 Å². The Labute approximate surface area is 110 Å². The molecule has 19 heavy (non-hydrogen) atoms. The van der Waals surface area contributed by atoms with Crippen LogP contribution in [-0.4, -0.2) is 17.6 Å². The van der Waals surface area contributed by atoms with Crippen molar-refractivity contribution in [3.8, 4) is 5.75 Å². The van der Waals surface area contributed by atoms with E-state index in [0.29, 0.717) is 0 Å². The minimum Gasteiger partial charge on any atom is -0.403 e. The van der Waals surface area contributed by atoms with Gasteiger partial charge in [0.25, 0.3) is 0 Å². The molecule has 1 aromatic rings. The van der Waals surface area contributed by atoms with Gasteiger partial charge in [0, 0.05) is 11.5 Å². The van der Waals surface area contributed by atoms with E-state index >= 15 is 0 Å². The third-order valence-electron chi connectivity index (χ3n) is 1.91. The number of hydrogen-bond donors (Lipinski definition) is 0. The number of hydrogen-bond acceptors (Lipinski definition) is 3. The summed E-state index contributed by atoms with van der Waals surface area (Å²) in [5.74, 6) is -1.26. The van der Waals surface area contributed by atoms with Gasteiger partial charge in [-0.15, -0.1) is 13.2 Å². The molecule has 0 amide bonds. The molecule has 10 heteroatoms. The van der Waals surface area contributed by atoms with Crippen LogP contribution in [0.5, 0.6) is 5.75 Å². The van der Waals surface area contributed by atoms with Crippen LogP contribution in [0.15, 0.2) is 6.20 Å². The quantitative estimate of drug-likeness (QED) is 0.473. The third-order valence-corrected chi connectivity index (χ3v) is 2.45. The smallest absolute Gasteiger partial charge is 0.403 e. The Balaban J connectivity index is 3.51. The molecule has 0 aromatic carbocycles. The van der Waals surface area contributed by atoms with E-state index in [0.717, 1.165) is 0 Å². The van der Waals surface area contributed by atoms with Gasteiger partial charge in [0.1, 0.15) is 0 Å². The highest BCUT2D eigenvalue weighted by molar-refractivity contribution is 9.08. The van der Waals surface area contributed by atoms with E-state index in [1.165, 1.54) is 0 Å². The molecule has 0 N–H and O–H groups in total. The van der Waals surface area contributed by atoms with Crippen LogP contribution < -0.4 is 4.74 Å². The van der Waals surface area contributed by atoms with Gasteiger partial charge in [0.2, 0.25) is 0 Å². The van der Waals surface area contributed by atoms with Crippen molar-refractivity contribution in [2.75, 3.05) is 0 Å². The first kappa shape index (κ1) is 15.7. The van der Waals surface area contributed by atoms with E-state index in [1.54, 1.807) is 0 Å². The van der Waals surface area contributed by atoms with Gasteiger partial charge in [-0.25, -0.2) is 0 Å². The zero-order valence-corrected chi connectivity index (χ0v) is 10.4. The fraction of sp³-hybridized carbons (Fsp3) is 0.333. The number of alkyl halides is 7. The van der Waals surface area contributed by atoms with Crippen LogP contribution >= 0.6 is 15.9 Å². The van der Waals surface area contributed by atoms with Crippen molar-refractivity contribution < 1.29 is 35.9 Å². The standard InChI is InChI=1S/C9H4BrF6NO2/c10-1-6-7(19-9(14,15)16)4(3-18)5(2-17-6)8(11,12)13/h2-3H,1H2. The maximum atomic E-state index is 12.5. The van der Waals surface area contributed by atoms with Crippen LogP contribution in [0.3, 0.4) is 0 Å². The summed E-state index contributed by atoms with van der Waals surface area (Å²) >= 11 is 2.75. The predicted molar refractivity (Wildman–Crippen MR) is 53.9 cm³/mol. The van der Waals surface area contributed by atoms with Gasteiger partial charge < -0.3 is 4.74 Å². The summed E-state index contributed by atoms with van der Waals surface area (Å²) < 4.78 is 77.5. The highest BCUT2D eigenvalue weighted by Gasteiger charge is 2.39. The SMILES string of the molecule is O=Cc1c(C(F)(F)F)cnc(CBr)c1OC(F)(F)F. The Morgan fingerprint density at radius 2 is 1.84 bits per heavy atom. The lowest BCUT2D eigenvalue weighted by atomic mass is 10.1. The predicted octanol–water partition coefficient (Wildman–Crippen LogP) is 3.71. The normalized spacial score (nSPS) is 12.4. The summed E-state index contributed by atoms with van der Waals surface area (Å²) in [7, 11) is 0. The van der Waals surface area contributed by atoms with Crippen molar-refractivity contribution in [1.29, 1.82) is 0 Å². The molecular formula is C9H4BrF6NO2. The van der Waals surface area contributed by atoms with Crippen LogP contribution in [0.2, 0.25) is 0 Å². The molecule has 1 heterocycles. The molecule has 0 saturated heterocycles. The second-order valence-corrected chi connectivity index (χ2v) is 3.72. The maximum absolute atomic E-state index is 12.5. The number of carbonyl (C=O) groups is 1. The van der Waals surface area contributed by atoms with E-state index in [4.69, 9.17) is 0 Å². The zero-order valence-electron chi connectivity index (χ0n) is 8.77. The number of pyridine rings is 1. The van der Waals surface area contributed by atoms with Gasteiger partial charge >= 0.3 is 12.5 Å². The summed E-state index contributed by atoms with van der Waals surface area (Å²) in [5.41, 5.74) is -3.30. The summed E-state index contributed by atoms with van der Waals surface area (Å²) in [6, 6.07) is 0. The van der Waals surface area contributed by atoms with Crippen molar-refractivity contribution in [3.05, 3.63) is 23.0 Å². The highest BCUT2D eigenvalue weighted by atomic mass is 79.9. The largest absolute Gasteiger partial charge is 0.573 e. The number of rotatable bonds is 3. The summed E-state index contributed by atoms with van der Waals surface area (Å²) in [6.45, 7) is 0. The fourth-order valence-electron chi connectivity index (χ4n) is 1.22. The lowest BCUT2D eigenvalue weighted by Crippen LogP contribution is -2.21. The molecule has 0 aliphatic heterocycles. The molecule has 3 nitrogen and oxygen atoms in total. The Hall–Kier alpha value is -1.32. The third kappa shape index (κ3) is 3.82. The molecule has 1 rings (SSSR count). The van der Waals surface area contributed by atoms with Crippen molar-refractivity contribution >= 4 is 22.2 Å². The van der Waals surface area contributed by atoms with Gasteiger partial charge in [-0.1, -0.05) is 15.9 Å². The number of aromatic nitrogens is 1. The molecule has 1 aromatic heterocycles. The second-order valence-electron chi connectivity index (χ2n) is 3.16. The Kier molecular flexibility index (Phi) is 4.43. The monoisotopic (exact) mass is 351 g/mol. The molecule has 0 spiro atoms. The van der Waals surface area contributed by atoms with Gasteiger partial charge in [0.15, 0.2) is 12.0 Å². The summed E-state index contributed by atoms with van der Waals surface area (Å²) in [6.07, 6.45) is -10.3. The summed E-state index contributed by atoms with van der Waals surface area (Å²) in [4.78, 5) is 13.9. The van der Waals surface area contributed by atoms with Gasteiger partial charge in [-0.3, -0.25) is 9.78 Å². The van der Waals surface area contributed by atoms with Crippen LogP contribution in [-0.2, 0) is 11.5 Å². The van der Waals surface area contributed by atoms with E-state index in [-0.39, 0.29) is 17.8 Å². The number of carbonyl (C=O) groups excluding carboxylic acids is 1. The number of ether oxygens (including phenoxy) is 1. The van der Waals surface area contributed by atoms with Crippen LogP contribution in [0.1, 0.15) is 21.6 Å². The fourth-order valence-corrected chi connectivity index (χ4v) is 1.62. The lowest BCUT2D eigenvalue weighted by molar-refractivity contribution is -0.275.